The van der Waals surface area contributed by atoms with Crippen LogP contribution in [0.2, 0.25) is 10.0 Å². The van der Waals surface area contributed by atoms with Crippen LogP contribution in [-0.2, 0) is 12.4 Å². The molecule has 2 aromatic carbocycles. The molecule has 1 atom stereocenters. The maximum Gasteiger partial charge on any atom is 0.416 e. The average molecular weight is 488 g/mol. The monoisotopic (exact) mass is 487 g/mol. The summed E-state index contributed by atoms with van der Waals surface area (Å²) in [7, 11) is 1.25. The molecule has 0 aliphatic rings. The SMILES string of the molecule is CN(CC(CCO)c1ccc(Cl)c(Cl)c1)C(=O)c1cc(C(F)(F)F)cc(C(F)(F)F)c1. The number of hydrogen-bond acceptors (Lipinski definition) is 2. The van der Waals surface area contributed by atoms with Crippen molar-refractivity contribution in [3.05, 3.63) is 68.7 Å². The summed E-state index contributed by atoms with van der Waals surface area (Å²) in [4.78, 5) is 13.7. The van der Waals surface area contributed by atoms with Crippen LogP contribution in [-0.4, -0.2) is 36.1 Å². The molecule has 1 unspecified atom stereocenters. The summed E-state index contributed by atoms with van der Waals surface area (Å²) < 4.78 is 78.4. The number of halogens is 8. The van der Waals surface area contributed by atoms with Gasteiger partial charge < -0.3 is 10.0 Å². The maximum absolute atomic E-state index is 13.1. The van der Waals surface area contributed by atoms with Gasteiger partial charge in [-0.05, 0) is 42.3 Å². The van der Waals surface area contributed by atoms with Crippen molar-refractivity contribution in [3.8, 4) is 0 Å². The van der Waals surface area contributed by atoms with Crippen LogP contribution in [0.25, 0.3) is 0 Å². The lowest BCUT2D eigenvalue weighted by molar-refractivity contribution is -0.143. The fourth-order valence-electron chi connectivity index (χ4n) is 3.00. The molecule has 0 heterocycles. The highest BCUT2D eigenvalue weighted by atomic mass is 35.5. The summed E-state index contributed by atoms with van der Waals surface area (Å²) in [6.45, 7) is -0.357. The molecule has 170 valence electrons. The van der Waals surface area contributed by atoms with E-state index in [1.54, 1.807) is 6.07 Å². The van der Waals surface area contributed by atoms with Gasteiger partial charge in [-0.3, -0.25) is 4.79 Å². The number of carbonyl (C=O) groups is 1. The van der Waals surface area contributed by atoms with Crippen LogP contribution in [0.15, 0.2) is 36.4 Å². The fourth-order valence-corrected chi connectivity index (χ4v) is 3.30. The summed E-state index contributed by atoms with van der Waals surface area (Å²) in [6.07, 6.45) is -9.95. The van der Waals surface area contributed by atoms with Crippen LogP contribution in [0.5, 0.6) is 0 Å². The van der Waals surface area contributed by atoms with Gasteiger partial charge in [0.2, 0.25) is 0 Å². The number of rotatable bonds is 6. The van der Waals surface area contributed by atoms with E-state index in [9.17, 15) is 36.2 Å². The van der Waals surface area contributed by atoms with Crippen molar-refractivity contribution in [1.82, 2.24) is 4.90 Å². The van der Waals surface area contributed by atoms with E-state index >= 15 is 0 Å². The van der Waals surface area contributed by atoms with Gasteiger partial charge in [0.1, 0.15) is 0 Å². The van der Waals surface area contributed by atoms with E-state index in [2.05, 4.69) is 0 Å². The predicted octanol–water partition coefficient (Wildman–Crippen LogP) is 6.27. The standard InChI is InChI=1S/C20H17Cl2F6NO2/c1-29(10-12(4-5-30)11-2-3-16(21)17(22)8-11)18(31)13-6-14(19(23,24)25)9-15(7-13)20(26,27)28/h2-3,6-9,12,30H,4-5,10H2,1H3. The number of likely N-dealkylation sites (N-methyl/N-ethyl adjacent to an activating group) is 1. The zero-order valence-corrected chi connectivity index (χ0v) is 17.5. The Morgan fingerprint density at radius 3 is 1.97 bits per heavy atom. The molecule has 3 nitrogen and oxygen atoms in total. The van der Waals surface area contributed by atoms with E-state index in [0.717, 1.165) is 4.90 Å². The number of benzene rings is 2. The number of amides is 1. The van der Waals surface area contributed by atoms with Gasteiger partial charge in [-0.15, -0.1) is 0 Å². The molecule has 31 heavy (non-hydrogen) atoms. The molecule has 0 spiro atoms. The second-order valence-electron chi connectivity index (χ2n) is 6.86. The van der Waals surface area contributed by atoms with Crippen molar-refractivity contribution in [2.24, 2.45) is 0 Å². The van der Waals surface area contributed by atoms with Crippen LogP contribution in [0, 0.1) is 0 Å². The Morgan fingerprint density at radius 2 is 1.52 bits per heavy atom. The highest BCUT2D eigenvalue weighted by Gasteiger charge is 2.37. The Kier molecular flexibility index (Phi) is 7.89. The van der Waals surface area contributed by atoms with Crippen LogP contribution in [0.4, 0.5) is 26.3 Å². The second kappa shape index (κ2) is 9.67. The normalized spacial score (nSPS) is 13.2. The Morgan fingerprint density at radius 1 is 0.968 bits per heavy atom. The Balaban J connectivity index is 2.37. The highest BCUT2D eigenvalue weighted by Crippen LogP contribution is 2.37. The summed E-state index contributed by atoms with van der Waals surface area (Å²) in [5.41, 5.74) is -3.30. The Labute approximate surface area is 184 Å². The zero-order chi connectivity index (χ0) is 23.6. The number of alkyl halides is 6. The molecule has 0 aliphatic carbocycles. The molecule has 11 heteroatoms. The van der Waals surface area contributed by atoms with Crippen LogP contribution in [0.1, 0.15) is 39.4 Å². The lowest BCUT2D eigenvalue weighted by atomic mass is 9.95. The van der Waals surface area contributed by atoms with Crippen LogP contribution in [0.3, 0.4) is 0 Å². The second-order valence-corrected chi connectivity index (χ2v) is 7.68. The van der Waals surface area contributed by atoms with Gasteiger partial charge in [0.05, 0.1) is 21.2 Å². The van der Waals surface area contributed by atoms with Crippen LogP contribution < -0.4 is 0 Å². The van der Waals surface area contributed by atoms with Crippen molar-refractivity contribution in [2.45, 2.75) is 24.7 Å². The number of nitrogens with zero attached hydrogens (tertiary/aromatic N) is 1. The molecule has 0 aliphatic heterocycles. The molecule has 0 aromatic heterocycles. The summed E-state index contributed by atoms with van der Waals surface area (Å²) in [5.74, 6) is -1.51. The highest BCUT2D eigenvalue weighted by molar-refractivity contribution is 6.42. The van der Waals surface area contributed by atoms with Gasteiger partial charge in [-0.25, -0.2) is 0 Å². The number of carbonyl (C=O) groups excluding carboxylic acids is 1. The van der Waals surface area contributed by atoms with Gasteiger partial charge in [0.15, 0.2) is 0 Å². The summed E-state index contributed by atoms with van der Waals surface area (Å²) in [5, 5.41) is 9.83. The third-order valence-corrected chi connectivity index (χ3v) is 5.31. The van der Waals surface area contributed by atoms with Crippen molar-refractivity contribution in [1.29, 1.82) is 0 Å². The smallest absolute Gasteiger partial charge is 0.396 e. The van der Waals surface area contributed by atoms with Gasteiger partial charge in [-0.2, -0.15) is 26.3 Å². The van der Waals surface area contributed by atoms with Crippen molar-refractivity contribution < 1.29 is 36.2 Å². The van der Waals surface area contributed by atoms with E-state index in [-0.39, 0.29) is 35.7 Å². The first kappa shape index (κ1) is 25.3. The zero-order valence-electron chi connectivity index (χ0n) is 16.0. The molecule has 0 saturated carbocycles. The molecule has 0 radical (unpaired) electrons. The maximum atomic E-state index is 13.1. The molecule has 0 fully saturated rings. The Bertz CT molecular complexity index is 914. The minimum atomic E-state index is -5.06. The van der Waals surface area contributed by atoms with E-state index in [4.69, 9.17) is 23.2 Å². The molecular formula is C20H17Cl2F6NO2. The first-order valence-electron chi connectivity index (χ1n) is 8.84. The Hall–Kier alpha value is -1.97. The molecule has 1 N–H and O–H groups in total. The number of aliphatic hydroxyl groups is 1. The van der Waals surface area contributed by atoms with Crippen molar-refractivity contribution >= 4 is 29.1 Å². The number of aliphatic hydroxyl groups excluding tert-OH is 1. The molecule has 1 amide bonds. The van der Waals surface area contributed by atoms with Crippen LogP contribution >= 0.6 is 23.2 Å². The first-order chi connectivity index (χ1) is 14.2. The minimum absolute atomic E-state index is 0.0406. The fraction of sp³-hybridized carbons (Fsp3) is 0.350. The largest absolute Gasteiger partial charge is 0.416 e. The van der Waals surface area contributed by atoms with Gasteiger partial charge in [-0.1, -0.05) is 29.3 Å². The lowest BCUT2D eigenvalue weighted by Gasteiger charge is -2.25. The first-order valence-corrected chi connectivity index (χ1v) is 9.60. The summed E-state index contributed by atoms with van der Waals surface area (Å²) in [6, 6.07) is 5.37. The number of hydrogen-bond donors (Lipinski definition) is 1. The van der Waals surface area contributed by atoms with Gasteiger partial charge in [0, 0.05) is 31.7 Å². The van der Waals surface area contributed by atoms with Gasteiger partial charge >= 0.3 is 12.4 Å². The van der Waals surface area contributed by atoms with Crippen molar-refractivity contribution in [3.63, 3.8) is 0 Å². The average Bonchev–Trinajstić information content (AvgIpc) is 2.67. The quantitative estimate of drug-likeness (QED) is 0.487. The molecule has 2 aromatic rings. The third-order valence-electron chi connectivity index (χ3n) is 4.57. The lowest BCUT2D eigenvalue weighted by Crippen LogP contribution is -2.32. The van der Waals surface area contributed by atoms with Crippen molar-refractivity contribution in [2.75, 3.05) is 20.2 Å². The van der Waals surface area contributed by atoms with E-state index in [1.807, 2.05) is 0 Å². The van der Waals surface area contributed by atoms with E-state index in [1.165, 1.54) is 19.2 Å². The molecule has 2 rings (SSSR count). The van der Waals surface area contributed by atoms with E-state index in [0.29, 0.717) is 17.7 Å². The molecular weight excluding hydrogens is 471 g/mol. The topological polar surface area (TPSA) is 40.5 Å². The van der Waals surface area contributed by atoms with Gasteiger partial charge in [0.25, 0.3) is 5.91 Å². The minimum Gasteiger partial charge on any atom is -0.396 e. The molecule has 0 bridgehead atoms. The summed E-state index contributed by atoms with van der Waals surface area (Å²) >= 11 is 11.9. The third kappa shape index (κ3) is 6.51. The van der Waals surface area contributed by atoms with E-state index < -0.39 is 40.9 Å². The predicted molar refractivity (Wildman–Crippen MR) is 104 cm³/mol. The molecule has 0 saturated heterocycles.